The summed E-state index contributed by atoms with van der Waals surface area (Å²) in [6, 6.07) is 9.49. The third-order valence-electron chi connectivity index (χ3n) is 3.93. The number of benzene rings is 1. The summed E-state index contributed by atoms with van der Waals surface area (Å²) in [7, 11) is 0. The summed E-state index contributed by atoms with van der Waals surface area (Å²) in [5.41, 5.74) is 1.32. The van der Waals surface area contributed by atoms with Gasteiger partial charge in [0.1, 0.15) is 18.1 Å². The zero-order valence-corrected chi connectivity index (χ0v) is 14.8. The number of nitrogens with zero attached hydrogens (tertiary/aromatic N) is 3. The van der Waals surface area contributed by atoms with Crippen LogP contribution in [0.3, 0.4) is 0 Å². The third-order valence-corrected chi connectivity index (χ3v) is 3.93. The average Bonchev–Trinajstić information content (AvgIpc) is 3.24. The fourth-order valence-corrected chi connectivity index (χ4v) is 2.50. The molecule has 0 radical (unpaired) electrons. The number of carbonyl (C=O) groups is 1. The van der Waals surface area contributed by atoms with E-state index in [2.05, 4.69) is 29.3 Å². The van der Waals surface area contributed by atoms with E-state index in [-0.39, 0.29) is 18.3 Å². The lowest BCUT2D eigenvalue weighted by atomic mass is 10.1. The highest BCUT2D eigenvalue weighted by atomic mass is 19.1. The lowest BCUT2D eigenvalue weighted by Crippen LogP contribution is -2.29. The van der Waals surface area contributed by atoms with Crippen molar-refractivity contribution in [2.24, 2.45) is 5.92 Å². The molecule has 0 aliphatic rings. The summed E-state index contributed by atoms with van der Waals surface area (Å²) >= 11 is 0. The van der Waals surface area contributed by atoms with Crippen molar-refractivity contribution in [1.82, 2.24) is 20.0 Å². The van der Waals surface area contributed by atoms with Gasteiger partial charge >= 0.3 is 0 Å². The molecule has 0 bridgehead atoms. The van der Waals surface area contributed by atoms with Crippen LogP contribution in [0.15, 0.2) is 47.1 Å². The molecule has 136 valence electrons. The molecule has 2 aromatic heterocycles. The molecule has 0 aliphatic carbocycles. The molecule has 0 atom stereocenters. The van der Waals surface area contributed by atoms with Crippen molar-refractivity contribution in [2.75, 3.05) is 6.54 Å². The molecule has 26 heavy (non-hydrogen) atoms. The Morgan fingerprint density at radius 3 is 2.77 bits per heavy atom. The lowest BCUT2D eigenvalue weighted by Gasteiger charge is -2.09. The lowest BCUT2D eigenvalue weighted by molar-refractivity contribution is -0.121. The standard InChI is InChI=1S/C19H21FN4O2/c1-13(2)9-10-21-17(25)12-24-11-3-4-16(24)19-22-18(23-26-19)14-5-7-15(20)8-6-14/h3-8,11,13H,9-10,12H2,1-2H3,(H,21,25). The third kappa shape index (κ3) is 4.36. The number of halogens is 1. The van der Waals surface area contributed by atoms with Gasteiger partial charge in [0.25, 0.3) is 5.89 Å². The minimum Gasteiger partial charge on any atom is -0.355 e. The van der Waals surface area contributed by atoms with Crippen molar-refractivity contribution in [3.8, 4) is 23.0 Å². The van der Waals surface area contributed by atoms with Crippen LogP contribution in [0.5, 0.6) is 0 Å². The Morgan fingerprint density at radius 2 is 2.04 bits per heavy atom. The molecule has 0 saturated heterocycles. The summed E-state index contributed by atoms with van der Waals surface area (Å²) in [4.78, 5) is 16.5. The number of hydrogen-bond acceptors (Lipinski definition) is 4. The second-order valence-electron chi connectivity index (χ2n) is 6.48. The molecule has 0 spiro atoms. The van der Waals surface area contributed by atoms with Crippen molar-refractivity contribution < 1.29 is 13.7 Å². The minimum atomic E-state index is -0.324. The van der Waals surface area contributed by atoms with E-state index in [1.807, 2.05) is 12.1 Å². The maximum absolute atomic E-state index is 13.0. The smallest absolute Gasteiger partial charge is 0.274 e. The van der Waals surface area contributed by atoms with E-state index in [1.165, 1.54) is 12.1 Å². The largest absolute Gasteiger partial charge is 0.355 e. The molecule has 0 unspecified atom stereocenters. The van der Waals surface area contributed by atoms with E-state index in [4.69, 9.17) is 4.52 Å². The van der Waals surface area contributed by atoms with Gasteiger partial charge in [-0.1, -0.05) is 19.0 Å². The van der Waals surface area contributed by atoms with Crippen LogP contribution >= 0.6 is 0 Å². The minimum absolute atomic E-state index is 0.0682. The van der Waals surface area contributed by atoms with Crippen LogP contribution in [0.4, 0.5) is 4.39 Å². The molecule has 7 heteroatoms. The van der Waals surface area contributed by atoms with Gasteiger partial charge in [-0.15, -0.1) is 0 Å². The summed E-state index contributed by atoms with van der Waals surface area (Å²) in [5, 5.41) is 6.84. The molecule has 1 aromatic carbocycles. The highest BCUT2D eigenvalue weighted by Gasteiger charge is 2.15. The van der Waals surface area contributed by atoms with E-state index < -0.39 is 0 Å². The maximum Gasteiger partial charge on any atom is 0.274 e. The number of hydrogen-bond donors (Lipinski definition) is 1. The number of aromatic nitrogens is 3. The van der Waals surface area contributed by atoms with Crippen LogP contribution in [0.1, 0.15) is 20.3 Å². The second-order valence-corrected chi connectivity index (χ2v) is 6.48. The fraction of sp³-hybridized carbons (Fsp3) is 0.316. The summed E-state index contributed by atoms with van der Waals surface area (Å²) in [6.07, 6.45) is 2.73. The Morgan fingerprint density at radius 1 is 1.27 bits per heavy atom. The van der Waals surface area contributed by atoms with Gasteiger partial charge in [-0.2, -0.15) is 4.98 Å². The Bertz CT molecular complexity index is 868. The molecule has 0 fully saturated rings. The van der Waals surface area contributed by atoms with Crippen molar-refractivity contribution in [3.63, 3.8) is 0 Å². The molecule has 6 nitrogen and oxygen atoms in total. The Kier molecular flexibility index (Phi) is 5.46. The molecule has 1 amide bonds. The maximum atomic E-state index is 13.0. The van der Waals surface area contributed by atoms with Crippen LogP contribution in [0.2, 0.25) is 0 Å². The number of amides is 1. The highest BCUT2D eigenvalue weighted by molar-refractivity contribution is 5.76. The molecular weight excluding hydrogens is 335 g/mol. The summed E-state index contributed by atoms with van der Waals surface area (Å²) < 4.78 is 20.1. The fourth-order valence-electron chi connectivity index (χ4n) is 2.50. The number of rotatable bonds is 7. The molecule has 2 heterocycles. The highest BCUT2D eigenvalue weighted by Crippen LogP contribution is 2.23. The first-order chi connectivity index (χ1) is 12.5. The molecule has 3 aromatic rings. The van der Waals surface area contributed by atoms with Gasteiger partial charge in [0.05, 0.1) is 0 Å². The Balaban J connectivity index is 1.70. The van der Waals surface area contributed by atoms with E-state index >= 15 is 0 Å². The van der Waals surface area contributed by atoms with E-state index in [0.717, 1.165) is 6.42 Å². The average molecular weight is 356 g/mol. The van der Waals surface area contributed by atoms with Gasteiger partial charge in [0.2, 0.25) is 11.7 Å². The monoisotopic (exact) mass is 356 g/mol. The van der Waals surface area contributed by atoms with Gasteiger partial charge in [-0.3, -0.25) is 4.79 Å². The van der Waals surface area contributed by atoms with E-state index in [9.17, 15) is 9.18 Å². The van der Waals surface area contributed by atoms with Crippen LogP contribution in [0, 0.1) is 11.7 Å². The van der Waals surface area contributed by atoms with Crippen LogP contribution in [-0.2, 0) is 11.3 Å². The first-order valence-corrected chi connectivity index (χ1v) is 8.55. The molecule has 0 aliphatic heterocycles. The van der Waals surface area contributed by atoms with E-state index in [1.54, 1.807) is 22.9 Å². The first kappa shape index (κ1) is 17.8. The van der Waals surface area contributed by atoms with Gasteiger partial charge in [-0.05, 0) is 48.7 Å². The molecule has 0 saturated carbocycles. The van der Waals surface area contributed by atoms with Crippen molar-refractivity contribution in [3.05, 3.63) is 48.4 Å². The normalized spacial score (nSPS) is 11.1. The van der Waals surface area contributed by atoms with Gasteiger partial charge in [0.15, 0.2) is 0 Å². The predicted molar refractivity (Wildman–Crippen MR) is 95.6 cm³/mol. The first-order valence-electron chi connectivity index (χ1n) is 8.55. The molecule has 1 N–H and O–H groups in total. The van der Waals surface area contributed by atoms with Crippen molar-refractivity contribution in [2.45, 2.75) is 26.8 Å². The predicted octanol–water partition coefficient (Wildman–Crippen LogP) is 3.51. The van der Waals surface area contributed by atoms with Crippen LogP contribution in [0.25, 0.3) is 23.0 Å². The van der Waals surface area contributed by atoms with Gasteiger partial charge in [-0.25, -0.2) is 4.39 Å². The topological polar surface area (TPSA) is 73.0 Å². The zero-order valence-electron chi connectivity index (χ0n) is 14.8. The zero-order chi connectivity index (χ0) is 18.5. The Hall–Kier alpha value is -2.96. The van der Waals surface area contributed by atoms with Gasteiger partial charge in [0, 0.05) is 18.3 Å². The SMILES string of the molecule is CC(C)CCNC(=O)Cn1cccc1-c1nc(-c2ccc(F)cc2)no1. The van der Waals surface area contributed by atoms with Crippen LogP contribution < -0.4 is 5.32 Å². The van der Waals surface area contributed by atoms with Gasteiger partial charge < -0.3 is 14.4 Å². The molecule has 3 rings (SSSR count). The Labute approximate surface area is 151 Å². The van der Waals surface area contributed by atoms with E-state index in [0.29, 0.717) is 35.4 Å². The van der Waals surface area contributed by atoms with Crippen molar-refractivity contribution >= 4 is 5.91 Å². The molecular formula is C19H21FN4O2. The van der Waals surface area contributed by atoms with Crippen molar-refractivity contribution in [1.29, 1.82) is 0 Å². The number of nitrogens with one attached hydrogen (secondary N) is 1. The number of carbonyl (C=O) groups excluding carboxylic acids is 1. The van der Waals surface area contributed by atoms with Crippen LogP contribution in [-0.4, -0.2) is 27.2 Å². The second kappa shape index (κ2) is 7.95. The summed E-state index contributed by atoms with van der Waals surface area (Å²) in [5.74, 6) is 0.829. The quantitative estimate of drug-likeness (QED) is 0.703. The summed E-state index contributed by atoms with van der Waals surface area (Å²) in [6.45, 7) is 5.06.